The van der Waals surface area contributed by atoms with Crippen molar-refractivity contribution in [3.8, 4) is 5.75 Å². The molecule has 0 aliphatic carbocycles. The predicted octanol–water partition coefficient (Wildman–Crippen LogP) is 3.27. The van der Waals surface area contributed by atoms with Crippen LogP contribution in [0.15, 0.2) is 48.5 Å². The first-order chi connectivity index (χ1) is 12.1. The van der Waals surface area contributed by atoms with E-state index >= 15 is 0 Å². The highest BCUT2D eigenvalue weighted by Gasteiger charge is 2.31. The van der Waals surface area contributed by atoms with E-state index in [-0.39, 0.29) is 24.3 Å². The Morgan fingerprint density at radius 2 is 1.88 bits per heavy atom. The van der Waals surface area contributed by atoms with E-state index in [1.807, 2.05) is 6.92 Å². The van der Waals surface area contributed by atoms with Crippen LogP contribution in [0.25, 0.3) is 0 Å². The van der Waals surface area contributed by atoms with Gasteiger partial charge in [-0.25, -0.2) is 0 Å². The molecule has 0 saturated carbocycles. The molecule has 1 aliphatic heterocycles. The summed E-state index contributed by atoms with van der Waals surface area (Å²) in [7, 11) is 0. The van der Waals surface area contributed by atoms with E-state index in [0.717, 1.165) is 11.4 Å². The van der Waals surface area contributed by atoms with E-state index in [1.165, 1.54) is 0 Å². The normalized spacial score (nSPS) is 16.8. The fraction of sp³-hybridized carbons (Fsp3) is 0.263. The van der Waals surface area contributed by atoms with Gasteiger partial charge in [-0.2, -0.15) is 0 Å². The summed E-state index contributed by atoms with van der Waals surface area (Å²) in [5.74, 6) is 0.516. The van der Waals surface area contributed by atoms with Crippen LogP contribution in [0.5, 0.6) is 5.75 Å². The summed E-state index contributed by atoms with van der Waals surface area (Å²) in [4.78, 5) is 26.3. The maximum Gasteiger partial charge on any atom is 0.251 e. The molecule has 1 saturated heterocycles. The lowest BCUT2D eigenvalue weighted by molar-refractivity contribution is -0.117. The maximum absolute atomic E-state index is 12.4. The highest BCUT2D eigenvalue weighted by atomic mass is 35.5. The van der Waals surface area contributed by atoms with Gasteiger partial charge in [0.05, 0.1) is 12.6 Å². The van der Waals surface area contributed by atoms with Crippen molar-refractivity contribution in [1.29, 1.82) is 0 Å². The number of anilines is 1. The molecule has 2 aromatic carbocycles. The number of rotatable bonds is 5. The van der Waals surface area contributed by atoms with Gasteiger partial charge in [0.2, 0.25) is 5.91 Å². The van der Waals surface area contributed by atoms with E-state index in [9.17, 15) is 9.59 Å². The summed E-state index contributed by atoms with van der Waals surface area (Å²) < 4.78 is 5.37. The second kappa shape index (κ2) is 7.57. The Bertz CT molecular complexity index is 759. The maximum atomic E-state index is 12.4. The Hall–Kier alpha value is -2.53. The van der Waals surface area contributed by atoms with Crippen LogP contribution >= 0.6 is 11.6 Å². The molecule has 6 heteroatoms. The van der Waals surface area contributed by atoms with Crippen molar-refractivity contribution in [2.45, 2.75) is 19.4 Å². The second-order valence-corrected chi connectivity index (χ2v) is 6.25. The summed E-state index contributed by atoms with van der Waals surface area (Å²) in [6.07, 6.45) is 0.283. The molecule has 1 heterocycles. The average molecular weight is 359 g/mol. The van der Waals surface area contributed by atoms with Crippen molar-refractivity contribution in [1.82, 2.24) is 5.32 Å². The van der Waals surface area contributed by atoms with Gasteiger partial charge in [0.15, 0.2) is 0 Å². The van der Waals surface area contributed by atoms with E-state index in [0.29, 0.717) is 23.7 Å². The Balaban J connectivity index is 1.62. The predicted molar refractivity (Wildman–Crippen MR) is 97.3 cm³/mol. The van der Waals surface area contributed by atoms with Crippen molar-refractivity contribution >= 4 is 29.1 Å². The van der Waals surface area contributed by atoms with Crippen LogP contribution in [0.3, 0.4) is 0 Å². The van der Waals surface area contributed by atoms with Crippen LogP contribution in [0, 0.1) is 0 Å². The monoisotopic (exact) mass is 358 g/mol. The first-order valence-electron chi connectivity index (χ1n) is 8.16. The Labute approximate surface area is 151 Å². The molecule has 0 radical (unpaired) electrons. The van der Waals surface area contributed by atoms with E-state index < -0.39 is 0 Å². The third-order valence-electron chi connectivity index (χ3n) is 4.03. The zero-order chi connectivity index (χ0) is 17.8. The summed E-state index contributed by atoms with van der Waals surface area (Å²) in [5.41, 5.74) is 1.33. The Morgan fingerprint density at radius 3 is 2.52 bits per heavy atom. The third kappa shape index (κ3) is 4.12. The summed E-state index contributed by atoms with van der Waals surface area (Å²) in [5, 5.41) is 3.54. The number of nitrogens with one attached hydrogen (secondary N) is 1. The molecule has 0 bridgehead atoms. The Kier molecular flexibility index (Phi) is 5.24. The quantitative estimate of drug-likeness (QED) is 0.892. The minimum atomic E-state index is -0.220. The molecule has 5 nitrogen and oxygen atoms in total. The molecule has 2 amide bonds. The number of benzene rings is 2. The van der Waals surface area contributed by atoms with Gasteiger partial charge in [-0.3, -0.25) is 9.59 Å². The molecule has 2 aromatic rings. The smallest absolute Gasteiger partial charge is 0.251 e. The van der Waals surface area contributed by atoms with Gasteiger partial charge in [-0.05, 0) is 55.5 Å². The standard InChI is InChI=1S/C19H19ClN2O3/c1-2-25-17-9-3-13(4-10-17)19(24)21-15-11-18(23)22(12-15)16-7-5-14(20)6-8-16/h3-10,15H,2,11-12H2,1H3,(H,21,24)/t15-/m0/s1. The molecule has 1 aliphatic rings. The van der Waals surface area contributed by atoms with Gasteiger partial charge in [0.1, 0.15) is 5.75 Å². The zero-order valence-corrected chi connectivity index (χ0v) is 14.6. The lowest BCUT2D eigenvalue weighted by Gasteiger charge is -2.17. The van der Waals surface area contributed by atoms with Gasteiger partial charge in [0.25, 0.3) is 5.91 Å². The largest absolute Gasteiger partial charge is 0.494 e. The number of ether oxygens (including phenoxy) is 1. The van der Waals surface area contributed by atoms with Crippen molar-refractivity contribution in [2.75, 3.05) is 18.1 Å². The number of carbonyl (C=O) groups excluding carboxylic acids is 2. The van der Waals surface area contributed by atoms with Gasteiger partial charge < -0.3 is 15.0 Å². The topological polar surface area (TPSA) is 58.6 Å². The lowest BCUT2D eigenvalue weighted by atomic mass is 10.2. The summed E-state index contributed by atoms with van der Waals surface area (Å²) in [6, 6.07) is 13.8. The molecular weight excluding hydrogens is 340 g/mol. The first-order valence-corrected chi connectivity index (χ1v) is 8.54. The fourth-order valence-corrected chi connectivity index (χ4v) is 2.94. The molecule has 130 valence electrons. The van der Waals surface area contributed by atoms with Gasteiger partial charge in [-0.1, -0.05) is 11.6 Å². The number of carbonyl (C=O) groups is 2. The molecule has 0 spiro atoms. The number of hydrogen-bond donors (Lipinski definition) is 1. The van der Waals surface area contributed by atoms with Crippen molar-refractivity contribution in [3.05, 3.63) is 59.1 Å². The van der Waals surface area contributed by atoms with E-state index in [1.54, 1.807) is 53.4 Å². The van der Waals surface area contributed by atoms with Gasteiger partial charge in [-0.15, -0.1) is 0 Å². The molecule has 1 fully saturated rings. The van der Waals surface area contributed by atoms with E-state index in [4.69, 9.17) is 16.3 Å². The van der Waals surface area contributed by atoms with Crippen LogP contribution in [0.4, 0.5) is 5.69 Å². The Morgan fingerprint density at radius 1 is 1.20 bits per heavy atom. The molecular formula is C19H19ClN2O3. The molecule has 1 N–H and O–H groups in total. The first kappa shape index (κ1) is 17.3. The molecule has 0 unspecified atom stereocenters. The number of halogens is 1. The minimum Gasteiger partial charge on any atom is -0.494 e. The molecule has 25 heavy (non-hydrogen) atoms. The minimum absolute atomic E-state index is 0.0145. The van der Waals surface area contributed by atoms with Crippen molar-refractivity contribution in [2.24, 2.45) is 0 Å². The van der Waals surface area contributed by atoms with Crippen LogP contribution in [-0.2, 0) is 4.79 Å². The van der Waals surface area contributed by atoms with Crippen LogP contribution in [0.2, 0.25) is 5.02 Å². The van der Waals surface area contributed by atoms with Gasteiger partial charge >= 0.3 is 0 Å². The summed E-state index contributed by atoms with van der Waals surface area (Å²) in [6.45, 7) is 2.93. The average Bonchev–Trinajstić information content (AvgIpc) is 2.97. The highest BCUT2D eigenvalue weighted by Crippen LogP contribution is 2.23. The van der Waals surface area contributed by atoms with Crippen LogP contribution < -0.4 is 15.0 Å². The zero-order valence-electron chi connectivity index (χ0n) is 13.9. The highest BCUT2D eigenvalue weighted by molar-refractivity contribution is 6.30. The number of hydrogen-bond acceptors (Lipinski definition) is 3. The fourth-order valence-electron chi connectivity index (χ4n) is 2.81. The molecule has 3 rings (SSSR count). The summed E-state index contributed by atoms with van der Waals surface area (Å²) >= 11 is 5.88. The number of nitrogens with zero attached hydrogens (tertiary/aromatic N) is 1. The second-order valence-electron chi connectivity index (χ2n) is 5.81. The van der Waals surface area contributed by atoms with Crippen LogP contribution in [0.1, 0.15) is 23.7 Å². The van der Waals surface area contributed by atoms with Crippen molar-refractivity contribution in [3.63, 3.8) is 0 Å². The third-order valence-corrected chi connectivity index (χ3v) is 4.28. The SMILES string of the molecule is CCOc1ccc(C(=O)N[C@H]2CC(=O)N(c3ccc(Cl)cc3)C2)cc1. The van der Waals surface area contributed by atoms with E-state index in [2.05, 4.69) is 5.32 Å². The number of amides is 2. The van der Waals surface area contributed by atoms with Crippen LogP contribution in [-0.4, -0.2) is 31.0 Å². The molecule has 1 atom stereocenters. The van der Waals surface area contributed by atoms with Crippen molar-refractivity contribution < 1.29 is 14.3 Å². The lowest BCUT2D eigenvalue weighted by Crippen LogP contribution is -2.37. The molecule has 0 aromatic heterocycles. The van der Waals surface area contributed by atoms with Gasteiger partial charge in [0, 0.05) is 29.2 Å².